The third kappa shape index (κ3) is 2.94. The Kier molecular flexibility index (Phi) is 4.20. The summed E-state index contributed by atoms with van der Waals surface area (Å²) in [7, 11) is 3.06. The van der Waals surface area contributed by atoms with Gasteiger partial charge in [0.25, 0.3) is 5.56 Å². The second-order valence-electron chi connectivity index (χ2n) is 5.76. The number of aromatic nitrogens is 3. The molecule has 1 atom stereocenters. The van der Waals surface area contributed by atoms with Crippen molar-refractivity contribution in [3.8, 4) is 0 Å². The molecule has 8 nitrogen and oxygen atoms in total. The van der Waals surface area contributed by atoms with Gasteiger partial charge in [-0.15, -0.1) is 0 Å². The summed E-state index contributed by atoms with van der Waals surface area (Å²) in [6.45, 7) is 0. The van der Waals surface area contributed by atoms with Gasteiger partial charge in [-0.1, -0.05) is 0 Å². The van der Waals surface area contributed by atoms with E-state index in [4.69, 9.17) is 0 Å². The molecular formula is C16H18N4O4. The van der Waals surface area contributed by atoms with Crippen LogP contribution in [0.1, 0.15) is 40.4 Å². The van der Waals surface area contributed by atoms with Crippen molar-refractivity contribution in [2.75, 3.05) is 12.4 Å². The number of hydrogen-bond acceptors (Lipinski definition) is 5. The first-order chi connectivity index (χ1) is 11.5. The van der Waals surface area contributed by atoms with Crippen molar-refractivity contribution >= 4 is 17.6 Å². The zero-order chi connectivity index (χ0) is 17.3. The molecule has 0 unspecified atom stereocenters. The van der Waals surface area contributed by atoms with Crippen LogP contribution in [0.15, 0.2) is 23.3 Å². The fourth-order valence-corrected chi connectivity index (χ4v) is 2.97. The van der Waals surface area contributed by atoms with Crippen molar-refractivity contribution in [3.05, 3.63) is 45.6 Å². The van der Waals surface area contributed by atoms with Crippen molar-refractivity contribution < 1.29 is 14.3 Å². The van der Waals surface area contributed by atoms with E-state index in [1.807, 2.05) is 13.2 Å². The fraction of sp³-hybridized carbons (Fsp3) is 0.375. The second kappa shape index (κ2) is 6.31. The Labute approximate surface area is 137 Å². The molecular weight excluding hydrogens is 312 g/mol. The van der Waals surface area contributed by atoms with Crippen LogP contribution in [0.3, 0.4) is 0 Å². The number of H-pyrrole nitrogens is 1. The monoisotopic (exact) mass is 330 g/mol. The molecule has 2 aromatic rings. The van der Waals surface area contributed by atoms with Gasteiger partial charge >= 0.3 is 5.97 Å². The van der Waals surface area contributed by atoms with Crippen molar-refractivity contribution in [1.82, 2.24) is 14.8 Å². The van der Waals surface area contributed by atoms with E-state index in [1.54, 1.807) is 4.68 Å². The minimum Gasteiger partial charge on any atom is -0.465 e. The van der Waals surface area contributed by atoms with E-state index in [1.165, 1.54) is 19.4 Å². The molecule has 8 heteroatoms. The number of aromatic amines is 1. The molecule has 2 N–H and O–H groups in total. The average Bonchev–Trinajstić information content (AvgIpc) is 2.96. The molecule has 1 aliphatic carbocycles. The maximum Gasteiger partial charge on any atom is 0.339 e. The lowest BCUT2D eigenvalue weighted by Gasteiger charge is -2.20. The van der Waals surface area contributed by atoms with Crippen LogP contribution in [0, 0.1) is 0 Å². The van der Waals surface area contributed by atoms with Gasteiger partial charge in [0.05, 0.1) is 24.3 Å². The van der Waals surface area contributed by atoms with E-state index in [2.05, 4.69) is 20.1 Å². The van der Waals surface area contributed by atoms with Gasteiger partial charge in [0.15, 0.2) is 0 Å². The summed E-state index contributed by atoms with van der Waals surface area (Å²) in [5, 5.41) is 6.99. The number of ether oxygens (including phenoxy) is 1. The van der Waals surface area contributed by atoms with Gasteiger partial charge in [0.1, 0.15) is 5.69 Å². The van der Waals surface area contributed by atoms with Crippen LogP contribution in [-0.4, -0.2) is 33.8 Å². The minimum absolute atomic E-state index is 0.0268. The van der Waals surface area contributed by atoms with Crippen molar-refractivity contribution in [2.45, 2.75) is 25.2 Å². The second-order valence-corrected chi connectivity index (χ2v) is 5.76. The number of amides is 1. The molecule has 2 aromatic heterocycles. The fourth-order valence-electron chi connectivity index (χ4n) is 2.97. The third-order valence-electron chi connectivity index (χ3n) is 4.12. The Hall–Kier alpha value is -2.90. The number of anilines is 1. The van der Waals surface area contributed by atoms with Crippen LogP contribution >= 0.6 is 0 Å². The molecule has 3 rings (SSSR count). The van der Waals surface area contributed by atoms with Gasteiger partial charge in [-0.2, -0.15) is 5.10 Å². The summed E-state index contributed by atoms with van der Waals surface area (Å²) < 4.78 is 6.31. The van der Waals surface area contributed by atoms with Crippen LogP contribution < -0.4 is 10.9 Å². The number of fused-ring (bicyclic) bond motifs is 1. The summed E-state index contributed by atoms with van der Waals surface area (Å²) >= 11 is 0. The number of nitrogens with zero attached hydrogens (tertiary/aromatic N) is 2. The van der Waals surface area contributed by atoms with E-state index in [9.17, 15) is 14.4 Å². The van der Waals surface area contributed by atoms with Crippen LogP contribution in [-0.2, 0) is 23.0 Å². The third-order valence-corrected chi connectivity index (χ3v) is 4.12. The van der Waals surface area contributed by atoms with Crippen LogP contribution in [0.4, 0.5) is 5.69 Å². The highest BCUT2D eigenvalue weighted by Gasteiger charge is 2.29. The summed E-state index contributed by atoms with van der Waals surface area (Å²) in [5.74, 6) is -1.23. The van der Waals surface area contributed by atoms with Crippen LogP contribution in [0.25, 0.3) is 0 Å². The highest BCUT2D eigenvalue weighted by molar-refractivity contribution is 5.97. The standard InChI is InChI=1S/C16H18N4O4/c1-20-8-11-10(4-3-5-12(11)19-20)14(21)18-13-6-9(16(23)24-2)7-17-15(13)22/h6-8,10H,3-5H2,1-2H3,(H,17,22)(H,18,21)/t10-/m1/s1. The topological polar surface area (TPSA) is 106 Å². The maximum atomic E-state index is 12.6. The van der Waals surface area contributed by atoms with Crippen LogP contribution in [0.5, 0.6) is 0 Å². The molecule has 1 amide bonds. The number of rotatable bonds is 3. The molecule has 0 saturated carbocycles. The Morgan fingerprint density at radius 2 is 2.25 bits per heavy atom. The SMILES string of the molecule is COC(=O)c1c[nH]c(=O)c(NC(=O)[C@@H]2CCCc3nn(C)cc32)c1. The Morgan fingerprint density at radius 3 is 3.00 bits per heavy atom. The van der Waals surface area contributed by atoms with Gasteiger partial charge < -0.3 is 15.0 Å². The van der Waals surface area contributed by atoms with Gasteiger partial charge in [-0.3, -0.25) is 14.3 Å². The molecule has 2 heterocycles. The van der Waals surface area contributed by atoms with Gasteiger partial charge in [-0.05, 0) is 25.3 Å². The van der Waals surface area contributed by atoms with Crippen LogP contribution in [0.2, 0.25) is 0 Å². The number of esters is 1. The smallest absolute Gasteiger partial charge is 0.339 e. The van der Waals surface area contributed by atoms with E-state index >= 15 is 0 Å². The molecule has 0 spiro atoms. The quantitative estimate of drug-likeness (QED) is 0.815. The highest BCUT2D eigenvalue weighted by atomic mass is 16.5. The van der Waals surface area contributed by atoms with Crippen molar-refractivity contribution in [1.29, 1.82) is 0 Å². The number of hydrogen-bond donors (Lipinski definition) is 2. The number of methoxy groups -OCH3 is 1. The van der Waals surface area contributed by atoms with E-state index in [-0.39, 0.29) is 23.1 Å². The largest absolute Gasteiger partial charge is 0.465 e. The average molecular weight is 330 g/mol. The van der Waals surface area contributed by atoms with E-state index in [0.29, 0.717) is 6.42 Å². The molecule has 126 valence electrons. The van der Waals surface area contributed by atoms with Gasteiger partial charge in [-0.25, -0.2) is 4.79 Å². The number of pyridine rings is 1. The zero-order valence-electron chi connectivity index (χ0n) is 13.5. The Morgan fingerprint density at radius 1 is 1.46 bits per heavy atom. The molecule has 0 bridgehead atoms. The zero-order valence-corrected chi connectivity index (χ0v) is 13.5. The Balaban J connectivity index is 1.86. The predicted octanol–water partition coefficient (Wildman–Crippen LogP) is 0.954. The number of carbonyl (C=O) groups excluding carboxylic acids is 2. The summed E-state index contributed by atoms with van der Waals surface area (Å²) in [4.78, 5) is 38.5. The lowest BCUT2D eigenvalue weighted by atomic mass is 9.86. The normalized spacial score (nSPS) is 16.3. The molecule has 0 aromatic carbocycles. The van der Waals surface area contributed by atoms with E-state index < -0.39 is 11.5 Å². The summed E-state index contributed by atoms with van der Waals surface area (Å²) in [5.41, 5.74) is 1.53. The van der Waals surface area contributed by atoms with Crippen molar-refractivity contribution in [2.24, 2.45) is 7.05 Å². The lowest BCUT2D eigenvalue weighted by molar-refractivity contribution is -0.117. The number of nitrogens with one attached hydrogen (secondary N) is 2. The van der Waals surface area contributed by atoms with Gasteiger partial charge in [0.2, 0.25) is 5.91 Å². The lowest BCUT2D eigenvalue weighted by Crippen LogP contribution is -2.27. The first kappa shape index (κ1) is 16.0. The molecule has 0 saturated heterocycles. The molecule has 0 radical (unpaired) electrons. The predicted molar refractivity (Wildman–Crippen MR) is 85.9 cm³/mol. The molecule has 0 fully saturated rings. The first-order valence-corrected chi connectivity index (χ1v) is 7.64. The molecule has 1 aliphatic rings. The summed E-state index contributed by atoms with van der Waals surface area (Å²) in [6.07, 6.45) is 5.50. The number of aryl methyl sites for hydroxylation is 2. The molecule has 0 aliphatic heterocycles. The van der Waals surface area contributed by atoms with Crippen molar-refractivity contribution in [3.63, 3.8) is 0 Å². The summed E-state index contributed by atoms with van der Waals surface area (Å²) in [6, 6.07) is 1.32. The minimum atomic E-state index is -0.589. The Bertz CT molecular complexity index is 852. The number of carbonyl (C=O) groups is 2. The first-order valence-electron chi connectivity index (χ1n) is 7.64. The maximum absolute atomic E-state index is 12.6. The molecule has 24 heavy (non-hydrogen) atoms. The highest BCUT2D eigenvalue weighted by Crippen LogP contribution is 2.31. The van der Waals surface area contributed by atoms with Gasteiger partial charge in [0, 0.05) is 25.0 Å². The van der Waals surface area contributed by atoms with E-state index in [0.717, 1.165) is 24.1 Å².